The summed E-state index contributed by atoms with van der Waals surface area (Å²) in [5.41, 5.74) is 1.60. The predicted octanol–water partition coefficient (Wildman–Crippen LogP) is 2.71. The molecule has 16 heavy (non-hydrogen) atoms. The van der Waals surface area contributed by atoms with E-state index in [1.54, 1.807) is 29.1 Å². The van der Waals surface area contributed by atoms with Crippen molar-refractivity contribution in [3.8, 4) is 5.69 Å². The summed E-state index contributed by atoms with van der Waals surface area (Å²) in [6, 6.07) is 7.09. The summed E-state index contributed by atoms with van der Waals surface area (Å²) in [6.45, 7) is 0.0887. The minimum Gasteiger partial charge on any atom is -0.396 e. The number of aromatic nitrogens is 2. The zero-order chi connectivity index (χ0) is 11.5. The van der Waals surface area contributed by atoms with Crippen molar-refractivity contribution < 1.29 is 5.11 Å². The van der Waals surface area contributed by atoms with Crippen LogP contribution in [0.4, 0.5) is 0 Å². The molecule has 1 aromatic heterocycles. The van der Waals surface area contributed by atoms with Crippen molar-refractivity contribution >= 4 is 23.2 Å². The second-order valence-corrected chi connectivity index (χ2v) is 4.16. The molecule has 0 bridgehead atoms. The van der Waals surface area contributed by atoms with E-state index in [0.29, 0.717) is 16.5 Å². The van der Waals surface area contributed by atoms with E-state index < -0.39 is 0 Å². The standard InChI is InChI=1S/C11H10Cl2N2O/c12-8-1-2-11(10(13)7-8)15-5-3-9(14-15)4-6-16/h1-3,5,7,16H,4,6H2. The summed E-state index contributed by atoms with van der Waals surface area (Å²) >= 11 is 11.9. The van der Waals surface area contributed by atoms with Crippen LogP contribution in [-0.2, 0) is 6.42 Å². The van der Waals surface area contributed by atoms with Crippen LogP contribution in [0.2, 0.25) is 10.0 Å². The molecule has 84 valence electrons. The molecule has 5 heteroatoms. The Labute approximate surface area is 103 Å². The van der Waals surface area contributed by atoms with Crippen LogP contribution in [-0.4, -0.2) is 21.5 Å². The van der Waals surface area contributed by atoms with E-state index in [1.165, 1.54) is 0 Å². The van der Waals surface area contributed by atoms with Gasteiger partial charge in [0.15, 0.2) is 0 Å². The van der Waals surface area contributed by atoms with Gasteiger partial charge in [-0.3, -0.25) is 0 Å². The van der Waals surface area contributed by atoms with E-state index in [0.717, 1.165) is 11.4 Å². The summed E-state index contributed by atoms with van der Waals surface area (Å²) in [7, 11) is 0. The second-order valence-electron chi connectivity index (χ2n) is 3.32. The van der Waals surface area contributed by atoms with Crippen LogP contribution < -0.4 is 0 Å². The molecule has 0 unspecified atom stereocenters. The van der Waals surface area contributed by atoms with Crippen molar-refractivity contribution in [3.05, 3.63) is 46.2 Å². The van der Waals surface area contributed by atoms with Crippen LogP contribution in [0.1, 0.15) is 5.69 Å². The third kappa shape index (κ3) is 2.38. The number of hydrogen-bond donors (Lipinski definition) is 1. The Bertz CT molecular complexity index is 496. The van der Waals surface area contributed by atoms with Crippen molar-refractivity contribution in [2.75, 3.05) is 6.61 Å². The first-order valence-corrected chi connectivity index (χ1v) is 5.57. The largest absolute Gasteiger partial charge is 0.396 e. The highest BCUT2D eigenvalue weighted by molar-refractivity contribution is 6.35. The van der Waals surface area contributed by atoms with Gasteiger partial charge >= 0.3 is 0 Å². The Balaban J connectivity index is 2.35. The summed E-state index contributed by atoms with van der Waals surface area (Å²) < 4.78 is 1.67. The Morgan fingerprint density at radius 1 is 1.25 bits per heavy atom. The third-order valence-electron chi connectivity index (χ3n) is 2.17. The monoisotopic (exact) mass is 256 g/mol. The Morgan fingerprint density at radius 2 is 2.06 bits per heavy atom. The maximum absolute atomic E-state index is 8.80. The molecule has 1 heterocycles. The average molecular weight is 257 g/mol. The smallest absolute Gasteiger partial charge is 0.0832 e. The van der Waals surface area contributed by atoms with Crippen molar-refractivity contribution in [1.82, 2.24) is 9.78 Å². The highest BCUT2D eigenvalue weighted by atomic mass is 35.5. The molecule has 0 aliphatic heterocycles. The van der Waals surface area contributed by atoms with Gasteiger partial charge in [0.25, 0.3) is 0 Å². The summed E-state index contributed by atoms with van der Waals surface area (Å²) in [5.74, 6) is 0. The molecule has 2 rings (SSSR count). The number of rotatable bonds is 3. The lowest BCUT2D eigenvalue weighted by atomic mass is 10.3. The van der Waals surface area contributed by atoms with Crippen LogP contribution in [0.3, 0.4) is 0 Å². The van der Waals surface area contributed by atoms with Gasteiger partial charge in [-0.2, -0.15) is 5.10 Å². The highest BCUT2D eigenvalue weighted by Gasteiger charge is 2.05. The van der Waals surface area contributed by atoms with E-state index in [4.69, 9.17) is 28.3 Å². The van der Waals surface area contributed by atoms with Crippen molar-refractivity contribution in [2.45, 2.75) is 6.42 Å². The number of nitrogens with zero attached hydrogens (tertiary/aromatic N) is 2. The molecule has 0 radical (unpaired) electrons. The Hall–Kier alpha value is -1.03. The first-order valence-electron chi connectivity index (χ1n) is 4.81. The normalized spacial score (nSPS) is 10.7. The second kappa shape index (κ2) is 4.87. The predicted molar refractivity (Wildman–Crippen MR) is 64.4 cm³/mol. The van der Waals surface area contributed by atoms with E-state index in [2.05, 4.69) is 5.10 Å². The van der Waals surface area contributed by atoms with Crippen molar-refractivity contribution in [1.29, 1.82) is 0 Å². The summed E-state index contributed by atoms with van der Waals surface area (Å²) in [6.07, 6.45) is 2.35. The van der Waals surface area contributed by atoms with E-state index in [-0.39, 0.29) is 6.61 Å². The van der Waals surface area contributed by atoms with E-state index in [1.807, 2.05) is 6.07 Å². The molecule has 0 saturated carbocycles. The van der Waals surface area contributed by atoms with Gasteiger partial charge in [-0.25, -0.2) is 4.68 Å². The summed E-state index contributed by atoms with van der Waals surface area (Å²) in [4.78, 5) is 0. The van der Waals surface area contributed by atoms with Gasteiger partial charge in [0.2, 0.25) is 0 Å². The molecule has 0 fully saturated rings. The maximum atomic E-state index is 8.80. The van der Waals surface area contributed by atoms with Crippen molar-refractivity contribution in [2.24, 2.45) is 0 Å². The fraction of sp³-hybridized carbons (Fsp3) is 0.182. The van der Waals surface area contributed by atoms with Crippen LogP contribution in [0.15, 0.2) is 30.5 Å². The van der Waals surface area contributed by atoms with Gasteiger partial charge < -0.3 is 5.11 Å². The quantitative estimate of drug-likeness (QED) is 0.917. The molecule has 0 aliphatic carbocycles. The van der Waals surface area contributed by atoms with Gasteiger partial charge in [0.05, 0.1) is 16.4 Å². The lowest BCUT2D eigenvalue weighted by Gasteiger charge is -2.04. The molecular weight excluding hydrogens is 247 g/mol. The Kier molecular flexibility index (Phi) is 3.49. The van der Waals surface area contributed by atoms with Gasteiger partial charge in [-0.05, 0) is 24.3 Å². The van der Waals surface area contributed by atoms with Crippen LogP contribution in [0.25, 0.3) is 5.69 Å². The topological polar surface area (TPSA) is 38.0 Å². The zero-order valence-corrected chi connectivity index (χ0v) is 9.91. The van der Waals surface area contributed by atoms with Crippen LogP contribution in [0.5, 0.6) is 0 Å². The molecule has 0 atom stereocenters. The van der Waals surface area contributed by atoms with E-state index in [9.17, 15) is 0 Å². The number of halogens is 2. The fourth-order valence-corrected chi connectivity index (χ4v) is 1.91. The minimum absolute atomic E-state index is 0.0887. The van der Waals surface area contributed by atoms with Gasteiger partial charge in [-0.1, -0.05) is 23.2 Å². The van der Waals surface area contributed by atoms with Crippen LogP contribution >= 0.6 is 23.2 Å². The molecule has 0 spiro atoms. The number of hydrogen-bond acceptors (Lipinski definition) is 2. The summed E-state index contributed by atoms with van der Waals surface area (Å²) in [5, 5.41) is 14.2. The number of benzene rings is 1. The van der Waals surface area contributed by atoms with E-state index >= 15 is 0 Å². The van der Waals surface area contributed by atoms with Crippen molar-refractivity contribution in [3.63, 3.8) is 0 Å². The molecule has 3 nitrogen and oxygen atoms in total. The number of aliphatic hydroxyl groups excluding tert-OH is 1. The van der Waals surface area contributed by atoms with Gasteiger partial charge in [-0.15, -0.1) is 0 Å². The molecule has 1 N–H and O–H groups in total. The molecule has 1 aromatic carbocycles. The first kappa shape index (κ1) is 11.5. The SMILES string of the molecule is OCCc1ccn(-c2ccc(Cl)cc2Cl)n1. The minimum atomic E-state index is 0.0887. The highest BCUT2D eigenvalue weighted by Crippen LogP contribution is 2.23. The molecule has 0 saturated heterocycles. The zero-order valence-electron chi connectivity index (χ0n) is 8.40. The fourth-order valence-electron chi connectivity index (χ4n) is 1.41. The molecule has 2 aromatic rings. The lowest BCUT2D eigenvalue weighted by molar-refractivity contribution is 0.298. The molecular formula is C11H10Cl2N2O. The van der Waals surface area contributed by atoms with Gasteiger partial charge in [0, 0.05) is 24.2 Å². The number of aliphatic hydroxyl groups is 1. The lowest BCUT2D eigenvalue weighted by Crippen LogP contribution is -1.98. The van der Waals surface area contributed by atoms with Crippen LogP contribution in [0, 0.1) is 0 Å². The van der Waals surface area contributed by atoms with Gasteiger partial charge in [0.1, 0.15) is 0 Å². The maximum Gasteiger partial charge on any atom is 0.0832 e. The molecule has 0 amide bonds. The molecule has 0 aliphatic rings. The Morgan fingerprint density at radius 3 is 2.75 bits per heavy atom. The third-order valence-corrected chi connectivity index (χ3v) is 2.71. The average Bonchev–Trinajstić information content (AvgIpc) is 2.67. The first-order chi connectivity index (χ1) is 7.70.